The molecule has 0 aliphatic rings. The first-order chi connectivity index (χ1) is 33.1. The van der Waals surface area contributed by atoms with Gasteiger partial charge in [-0.15, -0.1) is 0 Å². The normalized spacial score (nSPS) is 13.1. The van der Waals surface area contributed by atoms with Crippen LogP contribution in [0.1, 0.15) is 259 Å². The molecule has 0 heterocycles. The van der Waals surface area contributed by atoms with Crippen LogP contribution >= 0.6 is 0 Å². The van der Waals surface area contributed by atoms with E-state index in [1.165, 1.54) is 141 Å². The van der Waals surface area contributed by atoms with Crippen molar-refractivity contribution in [1.82, 2.24) is 0 Å². The van der Waals surface area contributed by atoms with E-state index in [0.29, 0.717) is 52.1 Å². The topological polar surface area (TPSA) is 124 Å². The Morgan fingerprint density at radius 1 is 0.338 bits per heavy atom. The third-order valence-electron chi connectivity index (χ3n) is 13.6. The highest BCUT2D eigenvalue weighted by molar-refractivity contribution is 5.81. The molecule has 0 radical (unpaired) electrons. The highest BCUT2D eigenvalue weighted by Gasteiger charge is 2.34. The number of rotatable bonds is 53. The predicted molar refractivity (Wildman–Crippen MR) is 280 cm³/mol. The van der Waals surface area contributed by atoms with Crippen molar-refractivity contribution in [2.24, 2.45) is 10.8 Å². The Kier molecular flexibility index (Phi) is 46.0. The number of hydrogen-bond acceptors (Lipinski definition) is 10. The van der Waals surface area contributed by atoms with Gasteiger partial charge in [-0.2, -0.15) is 0 Å². The SMILES string of the molecule is C=CC(=O)OCC(CC)(COCCCCCCCCCC)COC(=O)CCCCCCCCCCCCCCCCCCC(=O)OCC(CC)(COCCCCCCCCCC)COC(=O)C=C. The van der Waals surface area contributed by atoms with Crippen LogP contribution in [0.5, 0.6) is 0 Å². The molecule has 0 rings (SSSR count). The van der Waals surface area contributed by atoms with Gasteiger partial charge >= 0.3 is 23.9 Å². The van der Waals surface area contributed by atoms with E-state index in [-0.39, 0.29) is 38.4 Å². The molecule has 0 aliphatic heterocycles. The lowest BCUT2D eigenvalue weighted by Crippen LogP contribution is -2.38. The van der Waals surface area contributed by atoms with E-state index in [1.54, 1.807) is 0 Å². The fourth-order valence-corrected chi connectivity index (χ4v) is 8.31. The molecule has 0 saturated carbocycles. The molecule has 10 heteroatoms. The molecule has 2 unspecified atom stereocenters. The summed E-state index contributed by atoms with van der Waals surface area (Å²) in [4.78, 5) is 49.0. The first-order valence-electron chi connectivity index (χ1n) is 28.2. The van der Waals surface area contributed by atoms with Gasteiger partial charge in [0.05, 0.1) is 24.0 Å². The quantitative estimate of drug-likeness (QED) is 0.0252. The van der Waals surface area contributed by atoms with Crippen molar-refractivity contribution < 1.29 is 47.6 Å². The number of ether oxygens (including phenoxy) is 6. The van der Waals surface area contributed by atoms with Crippen molar-refractivity contribution in [2.75, 3.05) is 52.9 Å². The fraction of sp³-hybridized carbons (Fsp3) is 0.862. The molecule has 0 aromatic heterocycles. The summed E-state index contributed by atoms with van der Waals surface area (Å²) >= 11 is 0. The van der Waals surface area contributed by atoms with Crippen LogP contribution in [0.4, 0.5) is 0 Å². The first kappa shape index (κ1) is 65.3. The fourth-order valence-electron chi connectivity index (χ4n) is 8.31. The maximum atomic E-state index is 12.7. The Hall–Kier alpha value is -2.72. The predicted octanol–water partition coefficient (Wildman–Crippen LogP) is 15.7. The Morgan fingerprint density at radius 3 is 0.853 bits per heavy atom. The smallest absolute Gasteiger partial charge is 0.330 e. The van der Waals surface area contributed by atoms with Crippen LogP contribution in [-0.2, 0) is 47.6 Å². The van der Waals surface area contributed by atoms with Crippen molar-refractivity contribution in [3.63, 3.8) is 0 Å². The average molecular weight is 963 g/mol. The standard InChI is InChI=1S/C58H106O10/c1-7-13-15-17-19-33-37-41-45-63-47-57(11-5,49-65-53(59)9-3)51-67-55(61)43-39-35-31-29-27-25-23-21-22-24-26-28-30-32-36-40-44-56(62)68-52-58(12-6,50-66-54(60)10-4)48-64-46-42-38-34-20-18-16-14-8-2/h9-10H,3-4,7-8,11-52H2,1-2,5-6H3. The maximum Gasteiger partial charge on any atom is 0.330 e. The van der Waals surface area contributed by atoms with Crippen LogP contribution < -0.4 is 0 Å². The number of carbonyl (C=O) groups excluding carboxylic acids is 4. The van der Waals surface area contributed by atoms with E-state index in [2.05, 4.69) is 27.0 Å². The van der Waals surface area contributed by atoms with Crippen LogP contribution in [0, 0.1) is 10.8 Å². The van der Waals surface area contributed by atoms with E-state index < -0.39 is 22.8 Å². The van der Waals surface area contributed by atoms with Gasteiger partial charge in [-0.25, -0.2) is 9.59 Å². The summed E-state index contributed by atoms with van der Waals surface area (Å²) in [5.41, 5.74) is -1.12. The van der Waals surface area contributed by atoms with Gasteiger partial charge in [0, 0.05) is 38.2 Å². The highest BCUT2D eigenvalue weighted by atomic mass is 16.6. The Balaban J connectivity index is 4.05. The Bertz CT molecular complexity index is 1130. The summed E-state index contributed by atoms with van der Waals surface area (Å²) in [6.07, 6.45) is 42.9. The van der Waals surface area contributed by atoms with Crippen molar-refractivity contribution in [3.05, 3.63) is 25.3 Å². The van der Waals surface area contributed by atoms with E-state index in [4.69, 9.17) is 28.4 Å². The number of hydrogen-bond donors (Lipinski definition) is 0. The summed E-state index contributed by atoms with van der Waals surface area (Å²) in [6.45, 7) is 18.3. The van der Waals surface area contributed by atoms with Gasteiger partial charge in [0.25, 0.3) is 0 Å². The lowest BCUT2D eigenvalue weighted by Gasteiger charge is -2.31. The molecular weight excluding hydrogens is 857 g/mol. The van der Waals surface area contributed by atoms with E-state index >= 15 is 0 Å². The summed E-state index contributed by atoms with van der Waals surface area (Å²) in [6, 6.07) is 0. The highest BCUT2D eigenvalue weighted by Crippen LogP contribution is 2.27. The molecule has 0 N–H and O–H groups in total. The second-order valence-electron chi connectivity index (χ2n) is 19.9. The molecule has 0 saturated heterocycles. The third-order valence-corrected chi connectivity index (χ3v) is 13.6. The number of carbonyl (C=O) groups is 4. The van der Waals surface area contributed by atoms with Crippen molar-refractivity contribution in [3.8, 4) is 0 Å². The molecule has 68 heavy (non-hydrogen) atoms. The molecule has 0 fully saturated rings. The second-order valence-corrected chi connectivity index (χ2v) is 19.9. The van der Waals surface area contributed by atoms with Gasteiger partial charge < -0.3 is 28.4 Å². The second kappa shape index (κ2) is 47.9. The Morgan fingerprint density at radius 2 is 0.588 bits per heavy atom. The Labute approximate surface area is 417 Å². The summed E-state index contributed by atoms with van der Waals surface area (Å²) in [5.74, 6) is -1.34. The summed E-state index contributed by atoms with van der Waals surface area (Å²) < 4.78 is 34.4. The monoisotopic (exact) mass is 963 g/mol. The zero-order valence-corrected chi connectivity index (χ0v) is 44.8. The minimum absolute atomic E-state index is 0.140. The summed E-state index contributed by atoms with van der Waals surface area (Å²) in [7, 11) is 0. The zero-order valence-electron chi connectivity index (χ0n) is 44.8. The zero-order chi connectivity index (χ0) is 50.1. The largest absolute Gasteiger partial charge is 0.465 e. The van der Waals surface area contributed by atoms with E-state index in [0.717, 1.165) is 76.4 Å². The molecule has 10 nitrogen and oxygen atoms in total. The van der Waals surface area contributed by atoms with Gasteiger partial charge in [0.1, 0.15) is 26.4 Å². The lowest BCUT2D eigenvalue weighted by molar-refractivity contribution is -0.157. The van der Waals surface area contributed by atoms with Gasteiger partial charge in [-0.05, 0) is 38.5 Å². The first-order valence-corrected chi connectivity index (χ1v) is 28.2. The third kappa shape index (κ3) is 40.1. The van der Waals surface area contributed by atoms with E-state index in [9.17, 15) is 19.2 Å². The van der Waals surface area contributed by atoms with Crippen LogP contribution in [-0.4, -0.2) is 76.7 Å². The van der Waals surface area contributed by atoms with Gasteiger partial charge in [0.2, 0.25) is 0 Å². The van der Waals surface area contributed by atoms with Gasteiger partial charge in [-0.1, -0.05) is 221 Å². The number of esters is 4. The van der Waals surface area contributed by atoms with Crippen LogP contribution in [0.25, 0.3) is 0 Å². The van der Waals surface area contributed by atoms with Crippen LogP contribution in [0.15, 0.2) is 25.3 Å². The van der Waals surface area contributed by atoms with Crippen molar-refractivity contribution >= 4 is 23.9 Å². The molecule has 0 spiro atoms. The van der Waals surface area contributed by atoms with Crippen molar-refractivity contribution in [2.45, 2.75) is 259 Å². The van der Waals surface area contributed by atoms with E-state index in [1.807, 2.05) is 13.8 Å². The van der Waals surface area contributed by atoms with Gasteiger partial charge in [0.15, 0.2) is 0 Å². The maximum absolute atomic E-state index is 12.7. The van der Waals surface area contributed by atoms with Crippen molar-refractivity contribution in [1.29, 1.82) is 0 Å². The number of unbranched alkanes of at least 4 members (excludes halogenated alkanes) is 29. The summed E-state index contributed by atoms with van der Waals surface area (Å²) in [5, 5.41) is 0. The molecule has 0 aromatic carbocycles. The van der Waals surface area contributed by atoms with Crippen LogP contribution in [0.3, 0.4) is 0 Å². The van der Waals surface area contributed by atoms with Crippen LogP contribution in [0.2, 0.25) is 0 Å². The molecule has 0 aliphatic carbocycles. The molecule has 0 aromatic rings. The molecule has 2 atom stereocenters. The molecular formula is C58H106O10. The molecule has 0 bridgehead atoms. The minimum atomic E-state index is -0.559. The van der Waals surface area contributed by atoms with Gasteiger partial charge in [-0.3, -0.25) is 9.59 Å². The molecule has 398 valence electrons. The lowest BCUT2D eigenvalue weighted by atomic mass is 9.88. The molecule has 0 amide bonds. The minimum Gasteiger partial charge on any atom is -0.465 e. The average Bonchev–Trinajstić information content (AvgIpc) is 3.35.